The molecule has 3 heteroatoms. The number of hydrogen-bond donors (Lipinski definition) is 2. The molecule has 19 heavy (non-hydrogen) atoms. The Kier molecular flexibility index (Phi) is 3.31. The van der Waals surface area contributed by atoms with Crippen molar-refractivity contribution in [3.8, 4) is 0 Å². The molecule has 3 atom stereocenters. The van der Waals surface area contributed by atoms with Crippen molar-refractivity contribution in [2.45, 2.75) is 56.7 Å². The van der Waals surface area contributed by atoms with Crippen molar-refractivity contribution < 1.29 is 4.79 Å². The lowest BCUT2D eigenvalue weighted by Crippen LogP contribution is -2.52. The molecule has 1 unspecified atom stereocenters. The third kappa shape index (κ3) is 2.66. The molecule has 1 aromatic rings. The molecular formula is C16H22N2O. The lowest BCUT2D eigenvalue weighted by molar-refractivity contribution is -0.122. The van der Waals surface area contributed by atoms with Gasteiger partial charge in [-0.3, -0.25) is 4.79 Å². The molecule has 0 spiro atoms. The quantitative estimate of drug-likeness (QED) is 0.852. The molecule has 2 N–H and O–H groups in total. The summed E-state index contributed by atoms with van der Waals surface area (Å²) >= 11 is 0. The number of nitrogens with one attached hydrogen (secondary N) is 2. The van der Waals surface area contributed by atoms with E-state index in [0.717, 1.165) is 25.7 Å². The second-order valence-electron chi connectivity index (χ2n) is 6.17. The Morgan fingerprint density at radius 2 is 2.11 bits per heavy atom. The number of rotatable bonds is 2. The highest BCUT2D eigenvalue weighted by Crippen LogP contribution is 2.31. The molecule has 1 aromatic carbocycles. The summed E-state index contributed by atoms with van der Waals surface area (Å²) in [6.07, 6.45) is 4.84. The highest BCUT2D eigenvalue weighted by molar-refractivity contribution is 5.77. The minimum absolute atomic E-state index is 0.0625. The van der Waals surface area contributed by atoms with E-state index in [0.29, 0.717) is 18.5 Å². The zero-order valence-corrected chi connectivity index (χ0v) is 11.5. The number of amides is 1. The maximum atomic E-state index is 11.8. The van der Waals surface area contributed by atoms with Crippen LogP contribution in [0.1, 0.15) is 38.2 Å². The van der Waals surface area contributed by atoms with Gasteiger partial charge in [-0.05, 0) is 38.2 Å². The third-order valence-corrected chi connectivity index (χ3v) is 4.52. The zero-order chi connectivity index (χ0) is 13.3. The fraction of sp³-hybridized carbons (Fsp3) is 0.562. The first-order valence-corrected chi connectivity index (χ1v) is 7.27. The molecule has 2 aliphatic heterocycles. The zero-order valence-electron chi connectivity index (χ0n) is 11.5. The van der Waals surface area contributed by atoms with Gasteiger partial charge in [0.15, 0.2) is 0 Å². The Labute approximate surface area is 114 Å². The van der Waals surface area contributed by atoms with Crippen LogP contribution in [0.5, 0.6) is 0 Å². The Balaban J connectivity index is 1.70. The van der Waals surface area contributed by atoms with E-state index in [1.807, 2.05) is 0 Å². The van der Waals surface area contributed by atoms with Gasteiger partial charge in [0.05, 0.1) is 5.54 Å². The maximum Gasteiger partial charge on any atom is 0.220 e. The molecule has 3 rings (SSSR count). The van der Waals surface area contributed by atoms with Crippen LogP contribution in [0.2, 0.25) is 0 Å². The SMILES string of the molecule is C[C@]12C[C@@H](Cc3ccccc3)NC1CCCC(=O)N2. The van der Waals surface area contributed by atoms with Crippen LogP contribution >= 0.6 is 0 Å². The fourth-order valence-electron chi connectivity index (χ4n) is 3.60. The summed E-state index contributed by atoms with van der Waals surface area (Å²) in [5.74, 6) is 0.215. The molecule has 3 nitrogen and oxygen atoms in total. The number of fused-ring (bicyclic) bond motifs is 1. The van der Waals surface area contributed by atoms with Crippen LogP contribution in [0.3, 0.4) is 0 Å². The van der Waals surface area contributed by atoms with Gasteiger partial charge in [0.1, 0.15) is 0 Å². The lowest BCUT2D eigenvalue weighted by Gasteiger charge is -2.29. The molecule has 2 fully saturated rings. The first kappa shape index (κ1) is 12.7. The van der Waals surface area contributed by atoms with Crippen molar-refractivity contribution >= 4 is 5.91 Å². The van der Waals surface area contributed by atoms with Crippen LogP contribution in [-0.4, -0.2) is 23.5 Å². The minimum Gasteiger partial charge on any atom is -0.349 e. The van der Waals surface area contributed by atoms with Crippen molar-refractivity contribution in [2.75, 3.05) is 0 Å². The van der Waals surface area contributed by atoms with Gasteiger partial charge in [-0.1, -0.05) is 30.3 Å². The first-order valence-electron chi connectivity index (χ1n) is 7.27. The molecule has 0 aromatic heterocycles. The van der Waals surface area contributed by atoms with Crippen molar-refractivity contribution in [1.82, 2.24) is 10.6 Å². The molecule has 0 radical (unpaired) electrons. The van der Waals surface area contributed by atoms with Crippen molar-refractivity contribution in [1.29, 1.82) is 0 Å². The van der Waals surface area contributed by atoms with Gasteiger partial charge in [-0.2, -0.15) is 0 Å². The van der Waals surface area contributed by atoms with Gasteiger partial charge in [0.2, 0.25) is 5.91 Å². The van der Waals surface area contributed by atoms with E-state index < -0.39 is 0 Å². The van der Waals surface area contributed by atoms with Crippen molar-refractivity contribution in [2.24, 2.45) is 0 Å². The van der Waals surface area contributed by atoms with Gasteiger partial charge >= 0.3 is 0 Å². The first-order chi connectivity index (χ1) is 9.16. The van der Waals surface area contributed by atoms with E-state index in [1.54, 1.807) is 0 Å². The number of carbonyl (C=O) groups is 1. The largest absolute Gasteiger partial charge is 0.349 e. The maximum absolute atomic E-state index is 11.8. The Hall–Kier alpha value is -1.35. The van der Waals surface area contributed by atoms with E-state index in [-0.39, 0.29) is 11.4 Å². The summed E-state index contributed by atoms with van der Waals surface area (Å²) in [5, 5.41) is 6.96. The lowest BCUT2D eigenvalue weighted by atomic mass is 9.89. The summed E-state index contributed by atoms with van der Waals surface area (Å²) < 4.78 is 0. The van der Waals surface area contributed by atoms with Gasteiger partial charge in [-0.25, -0.2) is 0 Å². The molecule has 102 valence electrons. The average molecular weight is 258 g/mol. The van der Waals surface area contributed by atoms with E-state index >= 15 is 0 Å². The predicted octanol–water partition coefficient (Wildman–Crippen LogP) is 2.02. The van der Waals surface area contributed by atoms with Crippen LogP contribution in [0.4, 0.5) is 0 Å². The van der Waals surface area contributed by atoms with Crippen LogP contribution in [-0.2, 0) is 11.2 Å². The van der Waals surface area contributed by atoms with E-state index in [1.165, 1.54) is 5.56 Å². The standard InChI is InChI=1S/C16H22N2O/c1-16-11-13(10-12-6-3-2-4-7-12)17-14(16)8-5-9-15(19)18-16/h2-4,6-7,13-14,17H,5,8-11H2,1H3,(H,18,19)/t13-,14?,16+/m1/s1. The van der Waals surface area contributed by atoms with Crippen LogP contribution in [0, 0.1) is 0 Å². The normalized spacial score (nSPS) is 34.5. The Morgan fingerprint density at radius 3 is 2.89 bits per heavy atom. The summed E-state index contributed by atoms with van der Waals surface area (Å²) in [6.45, 7) is 2.19. The molecule has 2 aliphatic rings. The summed E-state index contributed by atoms with van der Waals surface area (Å²) in [7, 11) is 0. The van der Waals surface area contributed by atoms with Crippen LogP contribution in [0.25, 0.3) is 0 Å². The smallest absolute Gasteiger partial charge is 0.220 e. The van der Waals surface area contributed by atoms with Gasteiger partial charge in [0, 0.05) is 18.5 Å². The summed E-state index contributed by atoms with van der Waals surface area (Å²) in [6, 6.07) is 11.5. The third-order valence-electron chi connectivity index (χ3n) is 4.52. The molecule has 0 saturated carbocycles. The van der Waals surface area contributed by atoms with E-state index in [4.69, 9.17) is 0 Å². The second kappa shape index (κ2) is 4.97. The topological polar surface area (TPSA) is 41.1 Å². The molecule has 0 aliphatic carbocycles. The van der Waals surface area contributed by atoms with Gasteiger partial charge in [-0.15, -0.1) is 0 Å². The minimum atomic E-state index is -0.0625. The molecule has 2 heterocycles. The van der Waals surface area contributed by atoms with Crippen molar-refractivity contribution in [3.63, 3.8) is 0 Å². The predicted molar refractivity (Wildman–Crippen MR) is 75.9 cm³/mol. The second-order valence-corrected chi connectivity index (χ2v) is 6.17. The van der Waals surface area contributed by atoms with E-state index in [2.05, 4.69) is 47.9 Å². The number of carbonyl (C=O) groups excluding carboxylic acids is 1. The number of benzene rings is 1. The molecule has 2 saturated heterocycles. The fourth-order valence-corrected chi connectivity index (χ4v) is 3.60. The van der Waals surface area contributed by atoms with Gasteiger partial charge in [0.25, 0.3) is 0 Å². The van der Waals surface area contributed by atoms with E-state index in [9.17, 15) is 4.79 Å². The molecule has 0 bridgehead atoms. The van der Waals surface area contributed by atoms with Crippen LogP contribution in [0.15, 0.2) is 30.3 Å². The Bertz CT molecular complexity index is 459. The molecular weight excluding hydrogens is 236 g/mol. The highest BCUT2D eigenvalue weighted by Gasteiger charge is 2.45. The number of hydrogen-bond acceptors (Lipinski definition) is 2. The van der Waals surface area contributed by atoms with Crippen molar-refractivity contribution in [3.05, 3.63) is 35.9 Å². The highest BCUT2D eigenvalue weighted by atomic mass is 16.1. The summed E-state index contributed by atoms with van der Waals surface area (Å²) in [4.78, 5) is 11.8. The monoisotopic (exact) mass is 258 g/mol. The molecule has 1 amide bonds. The average Bonchev–Trinajstić information content (AvgIpc) is 2.59. The summed E-state index contributed by atoms with van der Waals surface area (Å²) in [5.41, 5.74) is 1.30. The van der Waals surface area contributed by atoms with Gasteiger partial charge < -0.3 is 10.6 Å². The van der Waals surface area contributed by atoms with Crippen LogP contribution < -0.4 is 10.6 Å². The Morgan fingerprint density at radius 1 is 1.32 bits per heavy atom.